The molecule has 7 nitrogen and oxygen atoms in total. The van der Waals surface area contributed by atoms with Crippen molar-refractivity contribution in [3.05, 3.63) is 42.0 Å². The number of benzene rings is 2. The summed E-state index contributed by atoms with van der Waals surface area (Å²) < 4.78 is 15.8. The van der Waals surface area contributed by atoms with Gasteiger partial charge in [0.25, 0.3) is 0 Å². The molecule has 0 saturated heterocycles. The van der Waals surface area contributed by atoms with Crippen molar-refractivity contribution in [2.24, 2.45) is 0 Å². The molecule has 0 radical (unpaired) electrons. The molecule has 2 rings (SSSR count). The van der Waals surface area contributed by atoms with Crippen LogP contribution < -0.4 is 24.8 Å². The molecule has 2 N–H and O–H groups in total. The summed E-state index contributed by atoms with van der Waals surface area (Å²) >= 11 is 0. The van der Waals surface area contributed by atoms with Crippen molar-refractivity contribution >= 4 is 17.3 Å². The monoisotopic (exact) mass is 341 g/mol. The molecule has 0 bridgehead atoms. The fourth-order valence-electron chi connectivity index (χ4n) is 2.24. The fourth-order valence-corrected chi connectivity index (χ4v) is 2.24. The summed E-state index contributed by atoms with van der Waals surface area (Å²) in [5.41, 5.74) is 1.74. The lowest BCUT2D eigenvalue weighted by atomic mass is 10.2. The van der Waals surface area contributed by atoms with Gasteiger partial charge in [0.15, 0.2) is 11.5 Å². The van der Waals surface area contributed by atoms with E-state index in [-0.39, 0.29) is 12.5 Å². The lowest BCUT2D eigenvalue weighted by molar-refractivity contribution is -0.114. The van der Waals surface area contributed by atoms with Crippen LogP contribution in [0.15, 0.2) is 36.4 Å². The van der Waals surface area contributed by atoms with E-state index in [0.29, 0.717) is 34.2 Å². The highest BCUT2D eigenvalue weighted by molar-refractivity contribution is 5.94. The Labute approximate surface area is 146 Å². The smallest absolute Gasteiger partial charge is 0.243 e. The number of ether oxygens (including phenoxy) is 3. The van der Waals surface area contributed by atoms with Crippen LogP contribution in [0.3, 0.4) is 0 Å². The van der Waals surface area contributed by atoms with E-state index in [4.69, 9.17) is 19.5 Å². The molecule has 130 valence electrons. The molecule has 0 atom stereocenters. The molecule has 0 aliphatic heterocycles. The van der Waals surface area contributed by atoms with Crippen molar-refractivity contribution in [1.82, 2.24) is 0 Å². The van der Waals surface area contributed by atoms with E-state index >= 15 is 0 Å². The van der Waals surface area contributed by atoms with Crippen LogP contribution in [0.25, 0.3) is 0 Å². The molecule has 2 aromatic carbocycles. The first kappa shape index (κ1) is 17.9. The second kappa shape index (κ2) is 8.45. The molecule has 0 fully saturated rings. The molecule has 7 heteroatoms. The zero-order valence-corrected chi connectivity index (χ0v) is 14.3. The van der Waals surface area contributed by atoms with Gasteiger partial charge in [-0.2, -0.15) is 5.26 Å². The van der Waals surface area contributed by atoms with Crippen LogP contribution in [0.1, 0.15) is 5.56 Å². The van der Waals surface area contributed by atoms with E-state index in [9.17, 15) is 4.79 Å². The number of rotatable bonds is 7. The Kier molecular flexibility index (Phi) is 6.07. The van der Waals surface area contributed by atoms with Crippen LogP contribution in [-0.4, -0.2) is 33.8 Å². The van der Waals surface area contributed by atoms with Gasteiger partial charge in [-0.05, 0) is 18.2 Å². The summed E-state index contributed by atoms with van der Waals surface area (Å²) in [5, 5.41) is 14.6. The van der Waals surface area contributed by atoms with Gasteiger partial charge >= 0.3 is 0 Å². The predicted octanol–water partition coefficient (Wildman–Crippen LogP) is 2.63. The Bertz CT molecular complexity index is 774. The topological polar surface area (TPSA) is 92.6 Å². The molecule has 0 aromatic heterocycles. The number of nitriles is 1. The standard InChI is InChI=1S/C18H19N3O4/c1-23-15-8-14(9-16(24-2)18(15)25-3)21-17(22)11-20-13-6-4-5-12(7-13)10-19/h4-9,20H,11H2,1-3H3,(H,21,22). The van der Waals surface area contributed by atoms with Gasteiger partial charge in [0.05, 0.1) is 39.5 Å². The number of carbonyl (C=O) groups is 1. The van der Waals surface area contributed by atoms with Crippen LogP contribution >= 0.6 is 0 Å². The van der Waals surface area contributed by atoms with Gasteiger partial charge in [-0.3, -0.25) is 4.79 Å². The summed E-state index contributed by atoms with van der Waals surface area (Å²) in [6.45, 7) is 0.0472. The minimum Gasteiger partial charge on any atom is -0.493 e. The summed E-state index contributed by atoms with van der Waals surface area (Å²) in [6, 6.07) is 12.2. The van der Waals surface area contributed by atoms with Gasteiger partial charge in [-0.15, -0.1) is 0 Å². The van der Waals surface area contributed by atoms with E-state index in [2.05, 4.69) is 16.7 Å². The predicted molar refractivity (Wildman–Crippen MR) is 94.4 cm³/mol. The minimum absolute atomic E-state index is 0.0472. The molecular formula is C18H19N3O4. The number of hydrogen-bond donors (Lipinski definition) is 2. The third-order valence-electron chi connectivity index (χ3n) is 3.39. The fraction of sp³-hybridized carbons (Fsp3) is 0.222. The largest absolute Gasteiger partial charge is 0.493 e. The maximum absolute atomic E-state index is 12.1. The Morgan fingerprint density at radius 2 is 1.72 bits per heavy atom. The molecule has 0 unspecified atom stereocenters. The van der Waals surface area contributed by atoms with E-state index in [0.717, 1.165) is 0 Å². The van der Waals surface area contributed by atoms with E-state index in [1.807, 2.05) is 0 Å². The summed E-state index contributed by atoms with van der Waals surface area (Å²) in [5.74, 6) is 1.10. The van der Waals surface area contributed by atoms with Crippen molar-refractivity contribution in [2.75, 3.05) is 38.5 Å². The first-order valence-corrected chi connectivity index (χ1v) is 7.45. The number of amides is 1. The van der Waals surface area contributed by atoms with Gasteiger partial charge in [0.2, 0.25) is 11.7 Å². The lowest BCUT2D eigenvalue weighted by Gasteiger charge is -2.15. The molecular weight excluding hydrogens is 322 g/mol. The van der Waals surface area contributed by atoms with Crippen molar-refractivity contribution in [2.45, 2.75) is 0 Å². The zero-order valence-electron chi connectivity index (χ0n) is 14.3. The maximum Gasteiger partial charge on any atom is 0.243 e. The van der Waals surface area contributed by atoms with Crippen LogP contribution in [-0.2, 0) is 4.79 Å². The normalized spacial score (nSPS) is 9.68. The van der Waals surface area contributed by atoms with Crippen molar-refractivity contribution < 1.29 is 19.0 Å². The van der Waals surface area contributed by atoms with Crippen LogP contribution in [0.4, 0.5) is 11.4 Å². The van der Waals surface area contributed by atoms with Gasteiger partial charge in [0.1, 0.15) is 0 Å². The highest BCUT2D eigenvalue weighted by Gasteiger charge is 2.14. The first-order valence-electron chi connectivity index (χ1n) is 7.45. The Hall–Kier alpha value is -3.40. The number of nitrogens with one attached hydrogen (secondary N) is 2. The minimum atomic E-state index is -0.253. The number of nitrogens with zero attached hydrogens (tertiary/aromatic N) is 1. The van der Waals surface area contributed by atoms with Crippen LogP contribution in [0.2, 0.25) is 0 Å². The van der Waals surface area contributed by atoms with Gasteiger partial charge in [-0.1, -0.05) is 6.07 Å². The molecule has 0 saturated carbocycles. The molecule has 1 amide bonds. The van der Waals surface area contributed by atoms with E-state index in [1.54, 1.807) is 36.4 Å². The third-order valence-corrected chi connectivity index (χ3v) is 3.39. The van der Waals surface area contributed by atoms with Crippen molar-refractivity contribution in [3.63, 3.8) is 0 Å². The highest BCUT2D eigenvalue weighted by Crippen LogP contribution is 2.39. The molecule has 2 aromatic rings. The van der Waals surface area contributed by atoms with E-state index < -0.39 is 0 Å². The third kappa shape index (κ3) is 4.54. The first-order chi connectivity index (χ1) is 12.1. The van der Waals surface area contributed by atoms with Crippen molar-refractivity contribution in [1.29, 1.82) is 5.26 Å². The maximum atomic E-state index is 12.1. The summed E-state index contributed by atoms with van der Waals surface area (Å²) in [4.78, 5) is 12.1. The van der Waals surface area contributed by atoms with Gasteiger partial charge in [0, 0.05) is 23.5 Å². The quantitative estimate of drug-likeness (QED) is 0.804. The number of methoxy groups -OCH3 is 3. The zero-order chi connectivity index (χ0) is 18.2. The molecule has 25 heavy (non-hydrogen) atoms. The van der Waals surface area contributed by atoms with Gasteiger partial charge in [-0.25, -0.2) is 0 Å². The summed E-state index contributed by atoms with van der Waals surface area (Å²) in [6.07, 6.45) is 0. The Morgan fingerprint density at radius 1 is 1.04 bits per heavy atom. The SMILES string of the molecule is COc1cc(NC(=O)CNc2cccc(C#N)c2)cc(OC)c1OC. The molecule has 0 aliphatic rings. The average Bonchev–Trinajstić information content (AvgIpc) is 2.65. The molecule has 0 spiro atoms. The number of anilines is 2. The Morgan fingerprint density at radius 3 is 2.28 bits per heavy atom. The van der Waals surface area contributed by atoms with Gasteiger partial charge < -0.3 is 24.8 Å². The average molecular weight is 341 g/mol. The summed E-state index contributed by atoms with van der Waals surface area (Å²) in [7, 11) is 4.52. The van der Waals surface area contributed by atoms with Crippen LogP contribution in [0.5, 0.6) is 17.2 Å². The molecule has 0 heterocycles. The number of hydrogen-bond acceptors (Lipinski definition) is 6. The van der Waals surface area contributed by atoms with Crippen molar-refractivity contribution in [3.8, 4) is 23.3 Å². The second-order valence-corrected chi connectivity index (χ2v) is 5.01. The number of carbonyl (C=O) groups excluding carboxylic acids is 1. The second-order valence-electron chi connectivity index (χ2n) is 5.01. The lowest BCUT2D eigenvalue weighted by Crippen LogP contribution is -2.21. The molecule has 0 aliphatic carbocycles. The highest BCUT2D eigenvalue weighted by atomic mass is 16.5. The Balaban J connectivity index is 2.06. The van der Waals surface area contributed by atoms with E-state index in [1.165, 1.54) is 21.3 Å². The van der Waals surface area contributed by atoms with Crippen LogP contribution in [0, 0.1) is 11.3 Å².